The van der Waals surface area contributed by atoms with Crippen molar-refractivity contribution >= 4 is 39.3 Å². The molecule has 6 heteroatoms. The molecule has 0 bridgehead atoms. The van der Waals surface area contributed by atoms with Crippen LogP contribution in [0.15, 0.2) is 71.2 Å². The number of carbonyl (C=O) groups excluding carboxylic acids is 1. The van der Waals surface area contributed by atoms with E-state index in [1.165, 1.54) is 6.07 Å². The summed E-state index contributed by atoms with van der Waals surface area (Å²) in [5.41, 5.74) is 2.97. The number of halogens is 3. The van der Waals surface area contributed by atoms with Gasteiger partial charge in [0.05, 0.1) is 16.8 Å². The summed E-state index contributed by atoms with van der Waals surface area (Å²) in [4.78, 5) is 14.7. The average molecular weight is 475 g/mol. The zero-order valence-electron chi connectivity index (χ0n) is 15.4. The van der Waals surface area contributed by atoms with Crippen molar-refractivity contribution in [1.82, 2.24) is 0 Å². The lowest BCUT2D eigenvalue weighted by atomic mass is 9.91. The van der Waals surface area contributed by atoms with Crippen LogP contribution in [-0.4, -0.2) is 6.09 Å². The summed E-state index contributed by atoms with van der Waals surface area (Å²) in [6, 6.07) is 19.2. The first-order valence-electron chi connectivity index (χ1n) is 9.27. The van der Waals surface area contributed by atoms with Crippen LogP contribution in [0.25, 0.3) is 0 Å². The van der Waals surface area contributed by atoms with Crippen LogP contribution in [0.1, 0.15) is 29.2 Å². The van der Waals surface area contributed by atoms with Crippen molar-refractivity contribution in [2.24, 2.45) is 0 Å². The maximum atomic E-state index is 14.6. The van der Waals surface area contributed by atoms with E-state index >= 15 is 0 Å². The molecule has 4 rings (SSSR count). The molecule has 0 fully saturated rings. The van der Waals surface area contributed by atoms with E-state index in [9.17, 15) is 9.18 Å². The summed E-state index contributed by atoms with van der Waals surface area (Å²) in [6.45, 7) is 0.143. The van der Waals surface area contributed by atoms with Crippen LogP contribution in [-0.2, 0) is 17.8 Å². The van der Waals surface area contributed by atoms with Crippen molar-refractivity contribution in [3.8, 4) is 0 Å². The highest BCUT2D eigenvalue weighted by Crippen LogP contribution is 2.43. The molecule has 1 aliphatic heterocycles. The Morgan fingerprint density at radius 2 is 1.86 bits per heavy atom. The summed E-state index contributed by atoms with van der Waals surface area (Å²) in [5, 5.41) is 0.575. The third-order valence-electron chi connectivity index (χ3n) is 5.05. The quantitative estimate of drug-likeness (QED) is 0.406. The zero-order chi connectivity index (χ0) is 20.4. The highest BCUT2D eigenvalue weighted by molar-refractivity contribution is 9.10. The summed E-state index contributed by atoms with van der Waals surface area (Å²) >= 11 is 9.68. The largest absolute Gasteiger partial charge is 0.444 e. The van der Waals surface area contributed by atoms with Gasteiger partial charge in [0.1, 0.15) is 12.4 Å². The Labute approximate surface area is 182 Å². The molecule has 148 valence electrons. The number of benzene rings is 3. The molecule has 0 N–H and O–H groups in total. The second-order valence-electron chi connectivity index (χ2n) is 6.88. The molecule has 1 amide bonds. The number of amides is 1. The lowest BCUT2D eigenvalue weighted by molar-refractivity contribution is 0.143. The molecule has 3 aromatic carbocycles. The Morgan fingerprint density at radius 1 is 1.14 bits per heavy atom. The Morgan fingerprint density at radius 3 is 2.62 bits per heavy atom. The fourth-order valence-electron chi connectivity index (χ4n) is 3.65. The molecule has 0 aromatic heterocycles. The fraction of sp³-hybridized carbons (Fsp3) is 0.174. The van der Waals surface area contributed by atoms with Gasteiger partial charge in [-0.05, 0) is 58.1 Å². The first-order chi connectivity index (χ1) is 14.0. The van der Waals surface area contributed by atoms with E-state index in [1.807, 2.05) is 36.4 Å². The molecule has 0 radical (unpaired) electrons. The third-order valence-corrected chi connectivity index (χ3v) is 6.24. The van der Waals surface area contributed by atoms with E-state index in [2.05, 4.69) is 15.9 Å². The molecule has 3 aromatic rings. The molecular weight excluding hydrogens is 457 g/mol. The first kappa shape index (κ1) is 19.9. The van der Waals surface area contributed by atoms with Gasteiger partial charge in [-0.3, -0.25) is 4.90 Å². The van der Waals surface area contributed by atoms with Gasteiger partial charge in [-0.2, -0.15) is 0 Å². The van der Waals surface area contributed by atoms with E-state index < -0.39 is 12.1 Å². The Kier molecular flexibility index (Phi) is 5.88. The van der Waals surface area contributed by atoms with Crippen molar-refractivity contribution in [3.05, 3.63) is 98.7 Å². The van der Waals surface area contributed by atoms with E-state index in [0.29, 0.717) is 33.6 Å². The Hall–Kier alpha value is -2.37. The van der Waals surface area contributed by atoms with Crippen LogP contribution in [0.5, 0.6) is 0 Å². The smallest absolute Gasteiger partial charge is 0.415 e. The van der Waals surface area contributed by atoms with Gasteiger partial charge in [0.15, 0.2) is 0 Å². The Bertz CT molecular complexity index is 1040. The molecule has 0 saturated carbocycles. The number of aryl methyl sites for hydroxylation is 1. The second kappa shape index (κ2) is 8.56. The monoisotopic (exact) mass is 473 g/mol. The van der Waals surface area contributed by atoms with Crippen molar-refractivity contribution in [2.45, 2.75) is 25.5 Å². The van der Waals surface area contributed by atoms with Gasteiger partial charge in [-0.1, -0.05) is 60.1 Å². The van der Waals surface area contributed by atoms with Crippen LogP contribution in [0.4, 0.5) is 14.9 Å². The molecule has 0 saturated heterocycles. The summed E-state index contributed by atoms with van der Waals surface area (Å²) < 4.78 is 20.8. The molecular formula is C23H18BrClFNO2. The first-order valence-corrected chi connectivity index (χ1v) is 10.4. The highest BCUT2D eigenvalue weighted by atomic mass is 79.9. The molecule has 3 nitrogen and oxygen atoms in total. The zero-order valence-corrected chi connectivity index (χ0v) is 17.8. The number of hydrogen-bond acceptors (Lipinski definition) is 2. The van der Waals surface area contributed by atoms with Gasteiger partial charge in [-0.25, -0.2) is 9.18 Å². The maximum Gasteiger partial charge on any atom is 0.415 e. The number of fused-ring (bicyclic) bond motifs is 1. The molecule has 0 aliphatic carbocycles. The van der Waals surface area contributed by atoms with Crippen LogP contribution >= 0.6 is 27.5 Å². The van der Waals surface area contributed by atoms with Gasteiger partial charge in [0.2, 0.25) is 0 Å². The normalized spacial score (nSPS) is 15.7. The second-order valence-corrected chi connectivity index (χ2v) is 8.14. The molecule has 29 heavy (non-hydrogen) atoms. The number of ether oxygens (including phenoxy) is 1. The summed E-state index contributed by atoms with van der Waals surface area (Å²) in [6.07, 6.45) is 0.744. The van der Waals surface area contributed by atoms with E-state index in [1.54, 1.807) is 29.2 Å². The van der Waals surface area contributed by atoms with Crippen LogP contribution in [0, 0.1) is 5.82 Å². The summed E-state index contributed by atoms with van der Waals surface area (Å²) in [5.74, 6) is -0.338. The predicted molar refractivity (Wildman–Crippen MR) is 116 cm³/mol. The van der Waals surface area contributed by atoms with Crippen molar-refractivity contribution in [2.75, 3.05) is 4.90 Å². The van der Waals surface area contributed by atoms with E-state index in [0.717, 1.165) is 11.1 Å². The van der Waals surface area contributed by atoms with Gasteiger partial charge in [0, 0.05) is 10.0 Å². The van der Waals surface area contributed by atoms with E-state index in [4.69, 9.17) is 16.3 Å². The lowest BCUT2D eigenvalue weighted by Crippen LogP contribution is -2.39. The predicted octanol–water partition coefficient (Wildman–Crippen LogP) is 7.07. The van der Waals surface area contributed by atoms with Crippen molar-refractivity contribution in [1.29, 1.82) is 0 Å². The standard InChI is InChI=1S/C23H18BrClFNO2/c24-18-13-22-16(12-19(18)25)10-11-21(17-8-4-5-9-20(17)26)27(22)23(28)29-14-15-6-2-1-3-7-15/h1-9,12-13,21H,10-11,14H2. The number of carbonyl (C=O) groups is 1. The van der Waals surface area contributed by atoms with Crippen LogP contribution in [0.2, 0.25) is 5.02 Å². The highest BCUT2D eigenvalue weighted by Gasteiger charge is 2.35. The SMILES string of the molecule is O=C(OCc1ccccc1)N1c2cc(Br)c(Cl)cc2CCC1c1ccccc1F. The van der Waals surface area contributed by atoms with Crippen molar-refractivity contribution < 1.29 is 13.9 Å². The minimum absolute atomic E-state index is 0.143. The summed E-state index contributed by atoms with van der Waals surface area (Å²) in [7, 11) is 0. The third kappa shape index (κ3) is 4.16. The van der Waals surface area contributed by atoms with Gasteiger partial charge < -0.3 is 4.74 Å². The van der Waals surface area contributed by atoms with Gasteiger partial charge in [0.25, 0.3) is 0 Å². The number of hydrogen-bond donors (Lipinski definition) is 0. The lowest BCUT2D eigenvalue weighted by Gasteiger charge is -2.37. The fourth-order valence-corrected chi connectivity index (χ4v) is 4.16. The van der Waals surface area contributed by atoms with Gasteiger partial charge >= 0.3 is 6.09 Å². The number of anilines is 1. The van der Waals surface area contributed by atoms with Crippen molar-refractivity contribution in [3.63, 3.8) is 0 Å². The molecule has 1 unspecified atom stereocenters. The Balaban J connectivity index is 1.71. The number of nitrogens with zero attached hydrogens (tertiary/aromatic N) is 1. The van der Waals surface area contributed by atoms with E-state index in [-0.39, 0.29) is 12.4 Å². The van der Waals surface area contributed by atoms with Gasteiger partial charge in [-0.15, -0.1) is 0 Å². The molecule has 1 aliphatic rings. The minimum atomic E-state index is -0.516. The maximum absolute atomic E-state index is 14.6. The topological polar surface area (TPSA) is 29.5 Å². The molecule has 0 spiro atoms. The minimum Gasteiger partial charge on any atom is -0.444 e. The molecule has 1 atom stereocenters. The number of rotatable bonds is 3. The van der Waals surface area contributed by atoms with Crippen LogP contribution < -0.4 is 4.90 Å². The van der Waals surface area contributed by atoms with Crippen LogP contribution in [0.3, 0.4) is 0 Å². The average Bonchev–Trinajstić information content (AvgIpc) is 2.73. The molecule has 1 heterocycles.